The molecule has 0 fully saturated rings. The number of hydrogen-bond donors (Lipinski definition) is 13. The maximum Gasteiger partial charge on any atom is 0.326 e. The van der Waals surface area contributed by atoms with Gasteiger partial charge in [-0.2, -0.15) is 0 Å². The van der Waals surface area contributed by atoms with Gasteiger partial charge in [-0.15, -0.1) is 0 Å². The third-order valence-corrected chi connectivity index (χ3v) is 8.49. The molecular formula is C34H56N14O7. The van der Waals surface area contributed by atoms with Gasteiger partial charge in [0.15, 0.2) is 11.9 Å². The van der Waals surface area contributed by atoms with Gasteiger partial charge in [-0.25, -0.2) is 4.79 Å². The Balaban J connectivity index is 2.36. The third-order valence-electron chi connectivity index (χ3n) is 8.49. The van der Waals surface area contributed by atoms with Crippen molar-refractivity contribution in [1.82, 2.24) is 26.3 Å². The van der Waals surface area contributed by atoms with Crippen molar-refractivity contribution in [2.24, 2.45) is 50.1 Å². The topological polar surface area (TPSA) is 393 Å². The van der Waals surface area contributed by atoms with Crippen LogP contribution in [0.1, 0.15) is 63.4 Å². The molecule has 0 unspecified atom stereocenters. The van der Waals surface area contributed by atoms with Gasteiger partial charge in [0.05, 0.1) is 6.04 Å². The minimum absolute atomic E-state index is 0.0691. The summed E-state index contributed by atoms with van der Waals surface area (Å²) in [5, 5.41) is 20.9. The van der Waals surface area contributed by atoms with Gasteiger partial charge in [-0.05, 0) is 69.5 Å². The van der Waals surface area contributed by atoms with Gasteiger partial charge in [-0.1, -0.05) is 18.2 Å². The van der Waals surface area contributed by atoms with Crippen LogP contribution in [0.15, 0.2) is 40.4 Å². The standard InChI is InChI=1S/C34H56N14O7/c35-14-4-3-10-23(46-29(51)24(11-6-16-43-34(40)41)45-28(50)21(36)8-5-15-42-33(38)39)30(52)48-26(17-19-18-44-22-9-2-1-7-20(19)22)31(53)47-25(32(54)55)12-13-27(37)49/h1-2,7,9,18,21,23-26,44H,3-6,8,10-17,35-36H2,(H2,37,49)(H,45,50)(H,46,51)(H,47,53)(H,48,52)(H,54,55)(H4,38,39,42)(H4,40,41,43)/t21-,23-,24-,25-,26-/m0/s1. The molecule has 0 saturated carbocycles. The zero-order valence-corrected chi connectivity index (χ0v) is 30.8. The fourth-order valence-electron chi connectivity index (χ4n) is 5.55. The fraction of sp³-hybridized carbons (Fsp3) is 0.529. The smallest absolute Gasteiger partial charge is 0.326 e. The van der Waals surface area contributed by atoms with Gasteiger partial charge in [-0.3, -0.25) is 34.0 Å². The number of nitrogens with one attached hydrogen (secondary N) is 5. The summed E-state index contributed by atoms with van der Waals surface area (Å²) in [6, 6.07) is 1.06. The summed E-state index contributed by atoms with van der Waals surface area (Å²) >= 11 is 0. The molecule has 1 aromatic heterocycles. The molecule has 2 rings (SSSR count). The van der Waals surface area contributed by atoms with E-state index >= 15 is 0 Å². The summed E-state index contributed by atoms with van der Waals surface area (Å²) in [7, 11) is 0. The van der Waals surface area contributed by atoms with Gasteiger partial charge in [0.25, 0.3) is 0 Å². The normalized spacial score (nSPS) is 13.6. The van der Waals surface area contributed by atoms with Crippen molar-refractivity contribution in [3.63, 3.8) is 0 Å². The molecular weight excluding hydrogens is 716 g/mol. The highest BCUT2D eigenvalue weighted by atomic mass is 16.4. The van der Waals surface area contributed by atoms with Crippen molar-refractivity contribution in [2.75, 3.05) is 19.6 Å². The third kappa shape index (κ3) is 16.7. The molecule has 20 N–H and O–H groups in total. The van der Waals surface area contributed by atoms with Gasteiger partial charge in [0.2, 0.25) is 29.5 Å². The summed E-state index contributed by atoms with van der Waals surface area (Å²) < 4.78 is 0. The van der Waals surface area contributed by atoms with Crippen LogP contribution in [0.3, 0.4) is 0 Å². The number of hydrogen-bond acceptors (Lipinski definition) is 10. The number of carboxylic acid groups (broad SMARTS) is 1. The molecule has 5 amide bonds. The zero-order valence-electron chi connectivity index (χ0n) is 30.8. The maximum absolute atomic E-state index is 14.0. The number of primary amides is 1. The molecule has 21 nitrogen and oxygen atoms in total. The first-order valence-electron chi connectivity index (χ1n) is 18.0. The van der Waals surface area contributed by atoms with Crippen molar-refractivity contribution in [1.29, 1.82) is 0 Å². The van der Waals surface area contributed by atoms with Crippen LogP contribution < -0.4 is 61.4 Å². The number of benzene rings is 1. The Morgan fingerprint density at radius 3 is 1.78 bits per heavy atom. The number of para-hydroxylation sites is 1. The van der Waals surface area contributed by atoms with E-state index in [1.807, 2.05) is 18.2 Å². The minimum Gasteiger partial charge on any atom is -0.480 e. The molecule has 55 heavy (non-hydrogen) atoms. The van der Waals surface area contributed by atoms with Crippen LogP contribution in [0.5, 0.6) is 0 Å². The van der Waals surface area contributed by atoms with E-state index in [0.29, 0.717) is 31.4 Å². The van der Waals surface area contributed by atoms with Crippen LogP contribution in [0.25, 0.3) is 10.9 Å². The minimum atomic E-state index is -1.48. The lowest BCUT2D eigenvalue weighted by molar-refractivity contribution is -0.142. The lowest BCUT2D eigenvalue weighted by Gasteiger charge is -2.26. The van der Waals surface area contributed by atoms with E-state index in [1.54, 1.807) is 12.3 Å². The van der Waals surface area contributed by atoms with Gasteiger partial charge < -0.3 is 71.5 Å². The second-order valence-electron chi connectivity index (χ2n) is 12.9. The van der Waals surface area contributed by atoms with Gasteiger partial charge in [0, 0.05) is 43.0 Å². The number of rotatable bonds is 26. The Morgan fingerprint density at radius 1 is 0.673 bits per heavy atom. The van der Waals surface area contributed by atoms with Crippen LogP contribution in [0, 0.1) is 0 Å². The molecule has 2 aromatic rings. The van der Waals surface area contributed by atoms with Crippen molar-refractivity contribution in [3.8, 4) is 0 Å². The van der Waals surface area contributed by atoms with E-state index in [0.717, 1.165) is 10.9 Å². The van der Waals surface area contributed by atoms with Crippen LogP contribution in [0.2, 0.25) is 0 Å². The zero-order chi connectivity index (χ0) is 40.9. The largest absolute Gasteiger partial charge is 0.480 e. The molecule has 21 heteroatoms. The molecule has 0 aliphatic carbocycles. The van der Waals surface area contributed by atoms with Crippen molar-refractivity contribution < 1.29 is 33.9 Å². The van der Waals surface area contributed by atoms with Gasteiger partial charge in [0.1, 0.15) is 24.2 Å². The SMILES string of the molecule is NCCCC[C@H](NC(=O)[C@H](CCCN=C(N)N)NC(=O)[C@@H](N)CCCN=C(N)N)C(=O)N[C@@H](Cc1c[nH]c2ccccc12)C(=O)N[C@@H](CCC(N)=O)C(=O)O. The summed E-state index contributed by atoms with van der Waals surface area (Å²) in [5.41, 5.74) is 39.9. The molecule has 1 aromatic carbocycles. The van der Waals surface area contributed by atoms with Crippen molar-refractivity contribution in [3.05, 3.63) is 36.0 Å². The number of aromatic amines is 1. The van der Waals surface area contributed by atoms with Crippen LogP contribution in [-0.2, 0) is 35.2 Å². The number of unbranched alkanes of at least 4 members (excludes halogenated alkanes) is 1. The number of fused-ring (bicyclic) bond motifs is 1. The number of carboxylic acids is 1. The highest BCUT2D eigenvalue weighted by Crippen LogP contribution is 2.19. The molecule has 0 aliphatic rings. The van der Waals surface area contributed by atoms with Crippen molar-refractivity contribution >= 4 is 58.3 Å². The first-order chi connectivity index (χ1) is 26.1. The van der Waals surface area contributed by atoms with E-state index in [4.69, 9.17) is 40.1 Å². The molecule has 5 atom stereocenters. The first-order valence-corrected chi connectivity index (χ1v) is 18.0. The summed E-state index contributed by atoms with van der Waals surface area (Å²) in [4.78, 5) is 88.8. The number of H-pyrrole nitrogens is 1. The van der Waals surface area contributed by atoms with Crippen LogP contribution in [-0.4, -0.2) is 107 Å². The Morgan fingerprint density at radius 2 is 1.20 bits per heavy atom. The molecule has 0 bridgehead atoms. The number of nitrogens with two attached hydrogens (primary N) is 7. The van der Waals surface area contributed by atoms with E-state index in [9.17, 15) is 33.9 Å². The molecule has 0 radical (unpaired) electrons. The Kier molecular flexibility index (Phi) is 19.4. The van der Waals surface area contributed by atoms with Crippen LogP contribution in [0.4, 0.5) is 0 Å². The number of nitrogens with zero attached hydrogens (tertiary/aromatic N) is 2. The van der Waals surface area contributed by atoms with E-state index in [2.05, 4.69) is 36.2 Å². The van der Waals surface area contributed by atoms with Crippen molar-refractivity contribution in [2.45, 2.75) is 94.4 Å². The molecule has 1 heterocycles. The highest BCUT2D eigenvalue weighted by Gasteiger charge is 2.32. The van der Waals surface area contributed by atoms with Crippen LogP contribution >= 0.6 is 0 Å². The molecule has 0 aliphatic heterocycles. The lowest BCUT2D eigenvalue weighted by Crippen LogP contribution is -2.58. The number of aliphatic carboxylic acids is 1. The lowest BCUT2D eigenvalue weighted by atomic mass is 10.0. The summed E-state index contributed by atoms with van der Waals surface area (Å²) in [6.07, 6.45) is 2.97. The number of carbonyl (C=O) groups is 6. The predicted octanol–water partition coefficient (Wildman–Crippen LogP) is -3.44. The number of aliphatic imine (C=N–C) groups is 2. The van der Waals surface area contributed by atoms with E-state index in [1.165, 1.54) is 0 Å². The first kappa shape index (κ1) is 45.2. The number of amides is 5. The van der Waals surface area contributed by atoms with E-state index in [-0.39, 0.29) is 70.0 Å². The Bertz CT molecular complexity index is 1660. The monoisotopic (exact) mass is 772 g/mol. The number of aromatic nitrogens is 1. The van der Waals surface area contributed by atoms with E-state index < -0.39 is 65.7 Å². The number of guanidine groups is 2. The fourth-order valence-corrected chi connectivity index (χ4v) is 5.55. The quantitative estimate of drug-likeness (QED) is 0.0252. The average molecular weight is 773 g/mol. The molecule has 304 valence electrons. The second kappa shape index (κ2) is 23.7. The predicted molar refractivity (Wildman–Crippen MR) is 206 cm³/mol. The maximum atomic E-state index is 14.0. The Hall–Kier alpha value is -5.96. The number of carbonyl (C=O) groups excluding carboxylic acids is 5. The summed E-state index contributed by atoms with van der Waals surface area (Å²) in [6.45, 7) is 0.698. The average Bonchev–Trinajstić information content (AvgIpc) is 3.54. The second-order valence-corrected chi connectivity index (χ2v) is 12.9. The van der Waals surface area contributed by atoms with Gasteiger partial charge >= 0.3 is 5.97 Å². The Labute approximate surface area is 318 Å². The summed E-state index contributed by atoms with van der Waals surface area (Å²) in [5.74, 6) is -5.36. The molecule has 0 saturated heterocycles. The highest BCUT2D eigenvalue weighted by molar-refractivity contribution is 5.96. The molecule has 0 spiro atoms.